The van der Waals surface area contributed by atoms with Crippen LogP contribution in [0.5, 0.6) is 0 Å². The molecule has 0 aliphatic carbocycles. The number of hydrogen-bond donors (Lipinski definition) is 1. The van der Waals surface area contributed by atoms with Crippen molar-refractivity contribution >= 4 is 0 Å². The summed E-state index contributed by atoms with van der Waals surface area (Å²) in [6.07, 6.45) is 6.22. The third-order valence-electron chi connectivity index (χ3n) is 3.88. The molecule has 2 atom stereocenters. The van der Waals surface area contributed by atoms with E-state index in [1.165, 1.54) is 12.1 Å². The van der Waals surface area contributed by atoms with Crippen molar-refractivity contribution in [3.05, 3.63) is 18.2 Å². The SMILES string of the molecule is CCC(COC)n1cncc1C1(C)CCNC1. The van der Waals surface area contributed by atoms with Crippen LogP contribution >= 0.6 is 0 Å². The van der Waals surface area contributed by atoms with Crippen LogP contribution in [0, 0.1) is 0 Å². The minimum absolute atomic E-state index is 0.220. The molecule has 1 aliphatic heterocycles. The van der Waals surface area contributed by atoms with Crippen molar-refractivity contribution in [2.75, 3.05) is 26.8 Å². The van der Waals surface area contributed by atoms with Crippen molar-refractivity contribution in [1.29, 1.82) is 0 Å². The molecule has 1 aromatic rings. The Morgan fingerprint density at radius 1 is 1.65 bits per heavy atom. The number of rotatable bonds is 5. The molecule has 1 aliphatic rings. The van der Waals surface area contributed by atoms with Crippen LogP contribution in [-0.2, 0) is 10.2 Å². The zero-order valence-corrected chi connectivity index (χ0v) is 11.1. The normalized spacial score (nSPS) is 26.3. The Morgan fingerprint density at radius 2 is 2.47 bits per heavy atom. The second kappa shape index (κ2) is 5.19. The highest BCUT2D eigenvalue weighted by Crippen LogP contribution is 2.32. The first-order valence-corrected chi connectivity index (χ1v) is 6.43. The summed E-state index contributed by atoms with van der Waals surface area (Å²) in [4.78, 5) is 4.34. The predicted molar refractivity (Wildman–Crippen MR) is 68.3 cm³/mol. The van der Waals surface area contributed by atoms with Crippen LogP contribution in [-0.4, -0.2) is 36.4 Å². The van der Waals surface area contributed by atoms with E-state index in [0.29, 0.717) is 6.04 Å². The molecule has 1 aromatic heterocycles. The third-order valence-corrected chi connectivity index (χ3v) is 3.88. The number of nitrogens with one attached hydrogen (secondary N) is 1. The molecular weight excluding hydrogens is 214 g/mol. The van der Waals surface area contributed by atoms with Gasteiger partial charge >= 0.3 is 0 Å². The maximum absolute atomic E-state index is 5.30. The molecule has 4 nitrogen and oxygen atoms in total. The zero-order chi connectivity index (χ0) is 12.3. The molecule has 0 saturated carbocycles. The van der Waals surface area contributed by atoms with E-state index in [0.717, 1.165) is 26.1 Å². The second-order valence-electron chi connectivity index (χ2n) is 5.19. The summed E-state index contributed by atoms with van der Waals surface area (Å²) < 4.78 is 7.61. The summed E-state index contributed by atoms with van der Waals surface area (Å²) in [7, 11) is 1.76. The van der Waals surface area contributed by atoms with Gasteiger partial charge in [0.25, 0.3) is 0 Å². The average Bonchev–Trinajstić information content (AvgIpc) is 2.95. The lowest BCUT2D eigenvalue weighted by atomic mass is 9.86. The molecule has 0 bridgehead atoms. The molecule has 17 heavy (non-hydrogen) atoms. The number of ether oxygens (including phenoxy) is 1. The summed E-state index contributed by atoms with van der Waals surface area (Å²) in [6, 6.07) is 0.398. The highest BCUT2D eigenvalue weighted by Gasteiger charge is 2.34. The van der Waals surface area contributed by atoms with Crippen LogP contribution in [0.4, 0.5) is 0 Å². The Kier molecular flexibility index (Phi) is 3.84. The fourth-order valence-electron chi connectivity index (χ4n) is 2.69. The van der Waals surface area contributed by atoms with Gasteiger partial charge in [0.05, 0.1) is 19.0 Å². The fourth-order valence-corrected chi connectivity index (χ4v) is 2.69. The first-order valence-electron chi connectivity index (χ1n) is 6.43. The quantitative estimate of drug-likeness (QED) is 0.847. The van der Waals surface area contributed by atoms with Gasteiger partial charge in [-0.15, -0.1) is 0 Å². The van der Waals surface area contributed by atoms with E-state index in [9.17, 15) is 0 Å². The lowest BCUT2D eigenvalue weighted by Gasteiger charge is -2.28. The molecule has 0 aromatic carbocycles. The average molecular weight is 237 g/mol. The summed E-state index contributed by atoms with van der Waals surface area (Å²) in [6.45, 7) is 7.41. The lowest BCUT2D eigenvalue weighted by Crippen LogP contribution is -2.30. The predicted octanol–water partition coefficient (Wildman–Crippen LogP) is 1.73. The second-order valence-corrected chi connectivity index (χ2v) is 5.19. The maximum Gasteiger partial charge on any atom is 0.0951 e. The molecule has 0 radical (unpaired) electrons. The van der Waals surface area contributed by atoms with Crippen molar-refractivity contribution in [3.8, 4) is 0 Å². The minimum Gasteiger partial charge on any atom is -0.383 e. The van der Waals surface area contributed by atoms with Crippen molar-refractivity contribution < 1.29 is 4.74 Å². The standard InChI is InChI=1S/C13H23N3O/c1-4-11(8-17-3)16-10-15-7-12(16)13(2)5-6-14-9-13/h7,10-11,14H,4-6,8-9H2,1-3H3. The van der Waals surface area contributed by atoms with E-state index in [2.05, 4.69) is 28.7 Å². The number of aromatic nitrogens is 2. The van der Waals surface area contributed by atoms with Crippen LogP contribution in [0.3, 0.4) is 0 Å². The van der Waals surface area contributed by atoms with E-state index in [1.807, 2.05) is 12.5 Å². The molecule has 1 saturated heterocycles. The molecule has 4 heteroatoms. The maximum atomic E-state index is 5.30. The van der Waals surface area contributed by atoms with Crippen LogP contribution in [0.1, 0.15) is 38.4 Å². The van der Waals surface area contributed by atoms with E-state index in [-0.39, 0.29) is 5.41 Å². The van der Waals surface area contributed by atoms with Gasteiger partial charge < -0.3 is 14.6 Å². The Hall–Kier alpha value is -0.870. The molecule has 96 valence electrons. The fraction of sp³-hybridized carbons (Fsp3) is 0.769. The lowest BCUT2D eigenvalue weighted by molar-refractivity contribution is 0.150. The Morgan fingerprint density at radius 3 is 3.06 bits per heavy atom. The van der Waals surface area contributed by atoms with Crippen LogP contribution in [0.15, 0.2) is 12.5 Å². The van der Waals surface area contributed by atoms with E-state index >= 15 is 0 Å². The summed E-state index contributed by atoms with van der Waals surface area (Å²) >= 11 is 0. The smallest absolute Gasteiger partial charge is 0.0951 e. The van der Waals surface area contributed by atoms with Gasteiger partial charge in [-0.25, -0.2) is 4.98 Å². The summed E-state index contributed by atoms with van der Waals surface area (Å²) in [5, 5.41) is 3.44. The first kappa shape index (κ1) is 12.6. The highest BCUT2D eigenvalue weighted by molar-refractivity contribution is 5.18. The number of hydrogen-bond acceptors (Lipinski definition) is 3. The van der Waals surface area contributed by atoms with Gasteiger partial charge in [-0.05, 0) is 19.4 Å². The van der Waals surface area contributed by atoms with Crippen LogP contribution in [0.2, 0.25) is 0 Å². The first-order chi connectivity index (χ1) is 8.21. The van der Waals surface area contributed by atoms with Crippen molar-refractivity contribution in [3.63, 3.8) is 0 Å². The Bertz CT molecular complexity index is 355. The monoisotopic (exact) mass is 237 g/mol. The van der Waals surface area contributed by atoms with Crippen LogP contribution in [0.25, 0.3) is 0 Å². The summed E-state index contributed by atoms with van der Waals surface area (Å²) in [5.74, 6) is 0. The number of nitrogens with zero attached hydrogens (tertiary/aromatic N) is 2. The van der Waals surface area contributed by atoms with Crippen molar-refractivity contribution in [1.82, 2.24) is 14.9 Å². The van der Waals surface area contributed by atoms with Gasteiger partial charge in [-0.2, -0.15) is 0 Å². The van der Waals surface area contributed by atoms with Crippen LogP contribution < -0.4 is 5.32 Å². The Labute approximate surface area is 103 Å². The summed E-state index contributed by atoms with van der Waals surface area (Å²) in [5.41, 5.74) is 1.56. The van der Waals surface area contributed by atoms with Crippen molar-refractivity contribution in [2.45, 2.75) is 38.1 Å². The van der Waals surface area contributed by atoms with Gasteiger partial charge in [-0.1, -0.05) is 13.8 Å². The topological polar surface area (TPSA) is 39.1 Å². The Balaban J connectivity index is 2.26. The minimum atomic E-state index is 0.220. The van der Waals surface area contributed by atoms with Gasteiger partial charge in [0, 0.05) is 31.0 Å². The molecule has 2 unspecified atom stereocenters. The molecule has 0 spiro atoms. The van der Waals surface area contributed by atoms with Gasteiger partial charge in [0.1, 0.15) is 0 Å². The number of methoxy groups -OCH3 is 1. The third kappa shape index (κ3) is 2.38. The van der Waals surface area contributed by atoms with Gasteiger partial charge in [-0.3, -0.25) is 0 Å². The van der Waals surface area contributed by atoms with Gasteiger partial charge in [0.2, 0.25) is 0 Å². The molecule has 1 fully saturated rings. The highest BCUT2D eigenvalue weighted by atomic mass is 16.5. The molecular formula is C13H23N3O. The largest absolute Gasteiger partial charge is 0.383 e. The van der Waals surface area contributed by atoms with Crippen molar-refractivity contribution in [2.24, 2.45) is 0 Å². The van der Waals surface area contributed by atoms with Gasteiger partial charge in [0.15, 0.2) is 0 Å². The molecule has 1 N–H and O–H groups in total. The van der Waals surface area contributed by atoms with E-state index in [4.69, 9.17) is 4.74 Å². The molecule has 2 rings (SSSR count). The van der Waals surface area contributed by atoms with E-state index < -0.39 is 0 Å². The molecule has 0 amide bonds. The molecule has 2 heterocycles. The number of imidazole rings is 1. The van der Waals surface area contributed by atoms with E-state index in [1.54, 1.807) is 7.11 Å². The zero-order valence-electron chi connectivity index (χ0n) is 11.1.